The van der Waals surface area contributed by atoms with Crippen molar-refractivity contribution in [2.45, 2.75) is 40.0 Å². The van der Waals surface area contributed by atoms with Crippen LogP contribution in [0.4, 0.5) is 0 Å². The highest BCUT2D eigenvalue weighted by Crippen LogP contribution is 2.34. The molecule has 0 saturated carbocycles. The Bertz CT molecular complexity index is 531. The second-order valence-corrected chi connectivity index (χ2v) is 6.54. The summed E-state index contributed by atoms with van der Waals surface area (Å²) in [5, 5.41) is 9.58. The fraction of sp³-hybridized carbons (Fsp3) is 0.526. The van der Waals surface area contributed by atoms with Crippen LogP contribution in [-0.2, 0) is 4.79 Å². The number of rotatable bonds is 4. The number of hydrogen-bond acceptors (Lipinski definition) is 2. The minimum Gasteiger partial charge on any atom is -0.396 e. The Balaban J connectivity index is 2.01. The van der Waals surface area contributed by atoms with Crippen LogP contribution < -0.4 is 0 Å². The maximum Gasteiger partial charge on any atom is 0.249 e. The minimum absolute atomic E-state index is 0.0192. The summed E-state index contributed by atoms with van der Waals surface area (Å²) < 4.78 is 0. The van der Waals surface area contributed by atoms with Gasteiger partial charge in [0.2, 0.25) is 5.91 Å². The van der Waals surface area contributed by atoms with Gasteiger partial charge < -0.3 is 10.0 Å². The molecule has 0 spiro atoms. The van der Waals surface area contributed by atoms with Crippen LogP contribution in [0.2, 0.25) is 0 Å². The monoisotopic (exact) mass is 301 g/mol. The lowest BCUT2D eigenvalue weighted by molar-refractivity contribution is -0.129. The van der Waals surface area contributed by atoms with E-state index < -0.39 is 0 Å². The van der Waals surface area contributed by atoms with Gasteiger partial charge in [-0.1, -0.05) is 36.8 Å². The fourth-order valence-electron chi connectivity index (χ4n) is 3.03. The molecule has 1 aromatic carbocycles. The number of carbonyl (C=O) groups is 1. The Labute approximate surface area is 133 Å². The third-order valence-electron chi connectivity index (χ3n) is 4.99. The van der Waals surface area contributed by atoms with Gasteiger partial charge in [-0.15, -0.1) is 0 Å². The van der Waals surface area contributed by atoms with Crippen LogP contribution in [0, 0.1) is 12.3 Å². The zero-order chi connectivity index (χ0) is 16.2. The molecule has 0 radical (unpaired) electrons. The van der Waals surface area contributed by atoms with Gasteiger partial charge >= 0.3 is 0 Å². The molecule has 1 aromatic rings. The van der Waals surface area contributed by atoms with Crippen LogP contribution in [0.3, 0.4) is 0 Å². The van der Waals surface area contributed by atoms with Gasteiger partial charge in [-0.05, 0) is 50.2 Å². The van der Waals surface area contributed by atoms with Crippen LogP contribution >= 0.6 is 0 Å². The first-order chi connectivity index (χ1) is 10.5. The number of carbonyl (C=O) groups excluding carboxylic acids is 1. The molecule has 2 rings (SSSR count). The number of piperidine rings is 1. The van der Waals surface area contributed by atoms with Gasteiger partial charge in [0.15, 0.2) is 0 Å². The topological polar surface area (TPSA) is 40.5 Å². The van der Waals surface area contributed by atoms with Crippen molar-refractivity contribution in [2.75, 3.05) is 19.7 Å². The smallest absolute Gasteiger partial charge is 0.249 e. The Hall–Kier alpha value is -1.61. The molecule has 3 nitrogen and oxygen atoms in total. The van der Waals surface area contributed by atoms with Gasteiger partial charge in [-0.25, -0.2) is 0 Å². The first-order valence-electron chi connectivity index (χ1n) is 8.15. The lowest BCUT2D eigenvalue weighted by Crippen LogP contribution is -2.44. The quantitative estimate of drug-likeness (QED) is 0.866. The highest BCUT2D eigenvalue weighted by atomic mass is 16.3. The van der Waals surface area contributed by atoms with Crippen LogP contribution in [0.5, 0.6) is 0 Å². The first kappa shape index (κ1) is 16.8. The molecule has 1 heterocycles. The second-order valence-electron chi connectivity index (χ2n) is 6.54. The maximum atomic E-state index is 12.6. The van der Waals surface area contributed by atoms with Crippen molar-refractivity contribution in [2.24, 2.45) is 5.41 Å². The van der Waals surface area contributed by atoms with Gasteiger partial charge in [0.1, 0.15) is 0 Å². The van der Waals surface area contributed by atoms with E-state index in [1.165, 1.54) is 5.56 Å². The zero-order valence-corrected chi connectivity index (χ0v) is 13.9. The molecule has 22 heavy (non-hydrogen) atoms. The van der Waals surface area contributed by atoms with E-state index in [0.717, 1.165) is 43.5 Å². The number of aliphatic hydroxyl groups excluding tert-OH is 1. The second kappa shape index (κ2) is 7.10. The molecule has 120 valence electrons. The molecule has 1 amide bonds. The number of aliphatic hydroxyl groups is 1. The molecule has 1 saturated heterocycles. The van der Waals surface area contributed by atoms with Crippen molar-refractivity contribution in [3.8, 4) is 0 Å². The molecule has 0 bridgehead atoms. The van der Waals surface area contributed by atoms with Gasteiger partial charge in [0.05, 0.1) is 0 Å². The number of aryl methyl sites for hydroxylation is 1. The van der Waals surface area contributed by atoms with E-state index in [1.807, 2.05) is 30.0 Å². The summed E-state index contributed by atoms with van der Waals surface area (Å²) >= 11 is 0. The van der Waals surface area contributed by atoms with E-state index in [4.69, 9.17) is 0 Å². The molecule has 1 aliphatic heterocycles. The molecular formula is C19H27NO2. The summed E-state index contributed by atoms with van der Waals surface area (Å²) in [7, 11) is 0. The first-order valence-corrected chi connectivity index (χ1v) is 8.15. The van der Waals surface area contributed by atoms with Crippen LogP contribution in [0.1, 0.15) is 44.2 Å². The van der Waals surface area contributed by atoms with Gasteiger partial charge in [0.25, 0.3) is 0 Å². The summed E-state index contributed by atoms with van der Waals surface area (Å²) in [5.74, 6) is 0.114. The van der Waals surface area contributed by atoms with E-state index in [-0.39, 0.29) is 17.9 Å². The van der Waals surface area contributed by atoms with Crippen LogP contribution in [0.15, 0.2) is 29.8 Å². The Morgan fingerprint density at radius 1 is 1.27 bits per heavy atom. The summed E-state index contributed by atoms with van der Waals surface area (Å²) in [5.41, 5.74) is 3.08. The average Bonchev–Trinajstić information content (AvgIpc) is 2.56. The van der Waals surface area contributed by atoms with Crippen molar-refractivity contribution in [1.29, 1.82) is 0 Å². The molecule has 3 heteroatoms. The summed E-state index contributed by atoms with van der Waals surface area (Å²) in [4.78, 5) is 14.5. The Morgan fingerprint density at radius 2 is 1.86 bits per heavy atom. The normalized spacial score (nSPS) is 18.4. The fourth-order valence-corrected chi connectivity index (χ4v) is 3.03. The van der Waals surface area contributed by atoms with Gasteiger partial charge in [0, 0.05) is 25.3 Å². The number of hydrogen-bond donors (Lipinski definition) is 1. The Morgan fingerprint density at radius 3 is 2.36 bits per heavy atom. The van der Waals surface area contributed by atoms with E-state index in [2.05, 4.69) is 26.0 Å². The number of nitrogens with zero attached hydrogens (tertiary/aromatic N) is 1. The predicted molar refractivity (Wildman–Crippen MR) is 90.5 cm³/mol. The predicted octanol–water partition coefficient (Wildman–Crippen LogP) is 3.41. The van der Waals surface area contributed by atoms with Crippen LogP contribution in [-0.4, -0.2) is 35.6 Å². The molecule has 1 aliphatic rings. The lowest BCUT2D eigenvalue weighted by atomic mass is 9.77. The third kappa shape index (κ3) is 3.77. The van der Waals surface area contributed by atoms with E-state index >= 15 is 0 Å². The molecule has 0 aromatic heterocycles. The SMILES string of the molecule is CCC1(CO)CCN(C(=O)/C(C)=C/c2ccc(C)cc2)CC1. The van der Waals surface area contributed by atoms with Crippen molar-refractivity contribution >= 4 is 12.0 Å². The van der Waals surface area contributed by atoms with Crippen molar-refractivity contribution < 1.29 is 9.90 Å². The Kier molecular flexibility index (Phi) is 5.41. The largest absolute Gasteiger partial charge is 0.396 e. The molecular weight excluding hydrogens is 274 g/mol. The van der Waals surface area contributed by atoms with Crippen LogP contribution in [0.25, 0.3) is 6.08 Å². The molecule has 0 unspecified atom stereocenters. The standard InChI is InChI=1S/C19H27NO2/c1-4-19(14-21)9-11-20(12-10-19)18(22)16(3)13-17-7-5-15(2)6-8-17/h5-8,13,21H,4,9-12,14H2,1-3H3/b16-13+. The molecule has 0 atom stereocenters. The van der Waals surface area contributed by atoms with E-state index in [0.29, 0.717) is 0 Å². The highest BCUT2D eigenvalue weighted by molar-refractivity contribution is 5.97. The molecule has 1 fully saturated rings. The number of amides is 1. The lowest BCUT2D eigenvalue weighted by Gasteiger charge is -2.40. The van der Waals surface area contributed by atoms with Crippen molar-refractivity contribution in [1.82, 2.24) is 4.90 Å². The number of benzene rings is 1. The molecule has 0 aliphatic carbocycles. The van der Waals surface area contributed by atoms with E-state index in [9.17, 15) is 9.90 Å². The summed E-state index contributed by atoms with van der Waals surface area (Å²) in [6, 6.07) is 8.19. The van der Waals surface area contributed by atoms with Gasteiger partial charge in [-0.2, -0.15) is 0 Å². The molecule has 1 N–H and O–H groups in total. The van der Waals surface area contributed by atoms with E-state index in [1.54, 1.807) is 0 Å². The van der Waals surface area contributed by atoms with Gasteiger partial charge in [-0.3, -0.25) is 4.79 Å². The minimum atomic E-state index is 0.0192. The number of likely N-dealkylation sites (tertiary alicyclic amines) is 1. The average molecular weight is 301 g/mol. The third-order valence-corrected chi connectivity index (χ3v) is 4.99. The van der Waals surface area contributed by atoms with Crippen molar-refractivity contribution in [3.63, 3.8) is 0 Å². The van der Waals surface area contributed by atoms with Crippen molar-refractivity contribution in [3.05, 3.63) is 41.0 Å². The highest BCUT2D eigenvalue weighted by Gasteiger charge is 2.33. The summed E-state index contributed by atoms with van der Waals surface area (Å²) in [6.07, 6.45) is 4.71. The zero-order valence-electron chi connectivity index (χ0n) is 13.9. The summed E-state index contributed by atoms with van der Waals surface area (Å²) in [6.45, 7) is 7.77. The maximum absolute atomic E-state index is 12.6.